The number of hydrogen-bond acceptors (Lipinski definition) is 3. The number of amides is 4. The van der Waals surface area contributed by atoms with Gasteiger partial charge in [-0.1, -0.05) is 54.6 Å². The summed E-state index contributed by atoms with van der Waals surface area (Å²) in [7, 11) is 0. The molecule has 4 amide bonds. The molecule has 4 rings (SSSR count). The summed E-state index contributed by atoms with van der Waals surface area (Å²) in [6.45, 7) is 0.0821. The van der Waals surface area contributed by atoms with Crippen LogP contribution in [0.5, 0.6) is 0 Å². The van der Waals surface area contributed by atoms with Crippen molar-refractivity contribution >= 4 is 17.8 Å². The van der Waals surface area contributed by atoms with Gasteiger partial charge in [-0.2, -0.15) is 0 Å². The van der Waals surface area contributed by atoms with Gasteiger partial charge >= 0.3 is 6.03 Å². The Morgan fingerprint density at radius 1 is 1.07 bits per heavy atom. The topological polar surface area (TPSA) is 78.5 Å². The first-order valence-electron chi connectivity index (χ1n) is 9.13. The summed E-state index contributed by atoms with van der Waals surface area (Å²) in [5.74, 6) is -0.696. The zero-order valence-electron chi connectivity index (χ0n) is 14.9. The van der Waals surface area contributed by atoms with Crippen LogP contribution in [0.15, 0.2) is 54.6 Å². The van der Waals surface area contributed by atoms with Gasteiger partial charge in [0.2, 0.25) is 5.91 Å². The second-order valence-electron chi connectivity index (χ2n) is 7.00. The Morgan fingerprint density at radius 3 is 2.63 bits per heavy atom. The molecule has 0 radical (unpaired) electrons. The lowest BCUT2D eigenvalue weighted by molar-refractivity contribution is -0.135. The number of hydrogen-bond donors (Lipinski definition) is 2. The second-order valence-corrected chi connectivity index (χ2v) is 7.00. The van der Waals surface area contributed by atoms with E-state index >= 15 is 0 Å². The average Bonchev–Trinajstić information content (AvgIpc) is 2.92. The van der Waals surface area contributed by atoms with Crippen LogP contribution in [0, 0.1) is 0 Å². The van der Waals surface area contributed by atoms with Crippen LogP contribution in [-0.4, -0.2) is 29.3 Å². The van der Waals surface area contributed by atoms with Crippen LogP contribution in [0.25, 0.3) is 0 Å². The highest BCUT2D eigenvalue weighted by molar-refractivity contribution is 6.09. The van der Waals surface area contributed by atoms with E-state index < -0.39 is 11.6 Å². The molecule has 1 aliphatic carbocycles. The summed E-state index contributed by atoms with van der Waals surface area (Å²) < 4.78 is 0. The first kappa shape index (κ1) is 17.3. The minimum Gasteiger partial charge on any atom is -0.350 e. The van der Waals surface area contributed by atoms with Crippen molar-refractivity contribution < 1.29 is 14.4 Å². The van der Waals surface area contributed by atoms with Gasteiger partial charge in [0.05, 0.1) is 0 Å². The lowest BCUT2D eigenvalue weighted by Crippen LogP contribution is -2.47. The Morgan fingerprint density at radius 2 is 1.81 bits per heavy atom. The molecule has 0 bridgehead atoms. The fraction of sp³-hybridized carbons (Fsp3) is 0.286. The number of rotatable bonds is 4. The smallest absolute Gasteiger partial charge is 0.325 e. The van der Waals surface area contributed by atoms with Gasteiger partial charge in [-0.3, -0.25) is 14.5 Å². The summed E-state index contributed by atoms with van der Waals surface area (Å²) >= 11 is 0. The Balaban J connectivity index is 1.48. The zero-order chi connectivity index (χ0) is 18.9. The molecule has 138 valence electrons. The molecule has 0 aromatic heterocycles. The molecule has 2 aromatic rings. The Labute approximate surface area is 157 Å². The molecule has 0 unspecified atom stereocenters. The van der Waals surface area contributed by atoms with E-state index in [1.165, 1.54) is 0 Å². The van der Waals surface area contributed by atoms with Gasteiger partial charge in [0.15, 0.2) is 0 Å². The molecule has 1 saturated heterocycles. The second kappa shape index (κ2) is 6.87. The van der Waals surface area contributed by atoms with Crippen molar-refractivity contribution in [3.63, 3.8) is 0 Å². The molecule has 1 aliphatic heterocycles. The van der Waals surface area contributed by atoms with E-state index in [-0.39, 0.29) is 18.4 Å². The highest BCUT2D eigenvalue weighted by atomic mass is 16.2. The summed E-state index contributed by atoms with van der Waals surface area (Å²) in [5, 5.41) is 5.63. The van der Waals surface area contributed by atoms with Crippen LogP contribution >= 0.6 is 0 Å². The molecule has 1 spiro atoms. The maximum atomic E-state index is 13.1. The first-order valence-corrected chi connectivity index (χ1v) is 9.13. The monoisotopic (exact) mass is 363 g/mol. The maximum absolute atomic E-state index is 13.1. The minimum atomic E-state index is -1.04. The van der Waals surface area contributed by atoms with Gasteiger partial charge < -0.3 is 10.6 Å². The summed E-state index contributed by atoms with van der Waals surface area (Å²) in [4.78, 5) is 38.9. The van der Waals surface area contributed by atoms with E-state index in [0.717, 1.165) is 34.4 Å². The summed E-state index contributed by atoms with van der Waals surface area (Å²) in [6.07, 6.45) is 2.26. The number of carbonyl (C=O) groups is 3. The number of aryl methyl sites for hydroxylation is 1. The molecule has 2 aliphatic rings. The Bertz CT molecular complexity index is 897. The van der Waals surface area contributed by atoms with E-state index in [1.807, 2.05) is 54.6 Å². The molecule has 0 saturated carbocycles. The van der Waals surface area contributed by atoms with Gasteiger partial charge in [0.25, 0.3) is 5.91 Å². The SMILES string of the molecule is O=C(CN1C(=O)N[C@@]2(CCCc3ccccc32)C1=O)NCc1ccccc1. The van der Waals surface area contributed by atoms with Gasteiger partial charge in [0.1, 0.15) is 12.1 Å². The number of urea groups is 1. The minimum absolute atomic E-state index is 0.276. The highest BCUT2D eigenvalue weighted by Crippen LogP contribution is 2.39. The fourth-order valence-electron chi connectivity index (χ4n) is 3.95. The predicted octanol–water partition coefficient (Wildman–Crippen LogP) is 2.09. The lowest BCUT2D eigenvalue weighted by Gasteiger charge is -2.33. The summed E-state index contributed by atoms with van der Waals surface area (Å²) in [5.41, 5.74) is 1.85. The third kappa shape index (κ3) is 3.07. The van der Waals surface area contributed by atoms with Crippen LogP contribution in [-0.2, 0) is 28.1 Å². The molecule has 1 atom stereocenters. The largest absolute Gasteiger partial charge is 0.350 e. The van der Waals surface area contributed by atoms with E-state index in [1.54, 1.807) is 0 Å². The van der Waals surface area contributed by atoms with E-state index in [9.17, 15) is 14.4 Å². The molecule has 27 heavy (non-hydrogen) atoms. The maximum Gasteiger partial charge on any atom is 0.325 e. The first-order chi connectivity index (χ1) is 13.1. The third-order valence-electron chi connectivity index (χ3n) is 5.28. The van der Waals surface area contributed by atoms with Gasteiger partial charge in [-0.25, -0.2) is 4.79 Å². The van der Waals surface area contributed by atoms with Crippen molar-refractivity contribution in [2.45, 2.75) is 31.3 Å². The number of nitrogens with zero attached hydrogens (tertiary/aromatic N) is 1. The number of imide groups is 1. The zero-order valence-corrected chi connectivity index (χ0v) is 14.9. The Kier molecular flexibility index (Phi) is 4.39. The van der Waals surface area contributed by atoms with Crippen LogP contribution in [0.2, 0.25) is 0 Å². The molecule has 1 fully saturated rings. The third-order valence-corrected chi connectivity index (χ3v) is 5.28. The number of benzene rings is 2. The molecule has 1 heterocycles. The standard InChI is InChI=1S/C21H21N3O3/c25-18(22-13-15-7-2-1-3-8-15)14-24-19(26)21(23-20(24)27)12-6-10-16-9-4-5-11-17(16)21/h1-5,7-9,11H,6,10,12-14H2,(H,22,25)(H,23,27)/t21-/m1/s1. The normalized spacial score (nSPS) is 21.1. The predicted molar refractivity (Wildman–Crippen MR) is 99.6 cm³/mol. The molecule has 6 heteroatoms. The molecule has 6 nitrogen and oxygen atoms in total. The van der Waals surface area contributed by atoms with E-state index in [2.05, 4.69) is 10.6 Å². The van der Waals surface area contributed by atoms with Crippen molar-refractivity contribution in [3.05, 3.63) is 71.3 Å². The van der Waals surface area contributed by atoms with Crippen LogP contribution in [0.1, 0.15) is 29.5 Å². The molecule has 2 aromatic carbocycles. The molecular formula is C21H21N3O3. The van der Waals surface area contributed by atoms with Crippen LogP contribution < -0.4 is 10.6 Å². The number of nitrogens with one attached hydrogen (secondary N) is 2. The van der Waals surface area contributed by atoms with Gasteiger partial charge in [-0.05, 0) is 36.0 Å². The van der Waals surface area contributed by atoms with Crippen molar-refractivity contribution in [1.82, 2.24) is 15.5 Å². The van der Waals surface area contributed by atoms with Crippen LogP contribution in [0.4, 0.5) is 4.79 Å². The van der Waals surface area contributed by atoms with E-state index in [4.69, 9.17) is 0 Å². The van der Waals surface area contributed by atoms with Crippen molar-refractivity contribution in [1.29, 1.82) is 0 Å². The number of fused-ring (bicyclic) bond motifs is 2. The van der Waals surface area contributed by atoms with Crippen molar-refractivity contribution in [2.24, 2.45) is 0 Å². The van der Waals surface area contributed by atoms with Crippen LogP contribution in [0.3, 0.4) is 0 Å². The number of carbonyl (C=O) groups excluding carboxylic acids is 3. The average molecular weight is 363 g/mol. The summed E-state index contributed by atoms with van der Waals surface area (Å²) in [6, 6.07) is 16.7. The fourth-order valence-corrected chi connectivity index (χ4v) is 3.95. The molecular weight excluding hydrogens is 342 g/mol. The highest BCUT2D eigenvalue weighted by Gasteiger charge is 2.54. The Hall–Kier alpha value is -3.15. The lowest BCUT2D eigenvalue weighted by atomic mass is 9.76. The molecule has 2 N–H and O–H groups in total. The van der Waals surface area contributed by atoms with Crippen molar-refractivity contribution in [2.75, 3.05) is 6.54 Å². The van der Waals surface area contributed by atoms with Crippen molar-refractivity contribution in [3.8, 4) is 0 Å². The van der Waals surface area contributed by atoms with E-state index in [0.29, 0.717) is 13.0 Å². The quantitative estimate of drug-likeness (QED) is 0.817. The van der Waals surface area contributed by atoms with Gasteiger partial charge in [-0.15, -0.1) is 0 Å². The van der Waals surface area contributed by atoms with Gasteiger partial charge in [0, 0.05) is 6.54 Å².